The number of nitrogens with one attached hydrogen (secondary N) is 1. The normalized spacial score (nSPS) is 10.8. The second kappa shape index (κ2) is 6.33. The third kappa shape index (κ3) is 3.37. The number of fused-ring (bicyclic) bond motifs is 1. The van der Waals surface area contributed by atoms with E-state index in [9.17, 15) is 4.79 Å². The van der Waals surface area contributed by atoms with E-state index >= 15 is 0 Å². The Morgan fingerprint density at radius 1 is 1.41 bits per heavy atom. The number of nitrogens with two attached hydrogens (primary N) is 1. The molecular formula is C15H14N4OS2. The number of anilines is 2. The van der Waals surface area contributed by atoms with Gasteiger partial charge in [-0.25, -0.2) is 9.97 Å². The quantitative estimate of drug-likeness (QED) is 0.566. The Balaban J connectivity index is 1.63. The number of amides is 1. The summed E-state index contributed by atoms with van der Waals surface area (Å²) in [5.41, 5.74) is 8.32. The highest BCUT2D eigenvalue weighted by Gasteiger charge is 2.09. The fourth-order valence-electron chi connectivity index (χ4n) is 1.89. The SMILES string of the molecule is Cc1cccnc1NC(=O)CSc1nc2ccc(N)cc2s1. The van der Waals surface area contributed by atoms with Crippen LogP contribution in [-0.4, -0.2) is 21.6 Å². The van der Waals surface area contributed by atoms with Gasteiger partial charge in [0.1, 0.15) is 5.82 Å². The Kier molecular flexibility index (Phi) is 4.26. The molecule has 0 radical (unpaired) electrons. The molecule has 0 fully saturated rings. The van der Waals surface area contributed by atoms with Gasteiger partial charge in [0.15, 0.2) is 4.34 Å². The van der Waals surface area contributed by atoms with Gasteiger partial charge in [-0.3, -0.25) is 4.79 Å². The van der Waals surface area contributed by atoms with Crippen molar-refractivity contribution in [3.63, 3.8) is 0 Å². The maximum absolute atomic E-state index is 12.0. The first-order valence-electron chi connectivity index (χ1n) is 6.62. The highest BCUT2D eigenvalue weighted by molar-refractivity contribution is 8.01. The van der Waals surface area contributed by atoms with Crippen LogP contribution in [0.15, 0.2) is 40.9 Å². The number of hydrogen-bond acceptors (Lipinski definition) is 6. The van der Waals surface area contributed by atoms with Crippen molar-refractivity contribution < 1.29 is 4.79 Å². The first-order valence-corrected chi connectivity index (χ1v) is 8.42. The molecule has 0 atom stereocenters. The molecule has 0 aliphatic heterocycles. The van der Waals surface area contributed by atoms with Crippen molar-refractivity contribution >= 4 is 50.7 Å². The van der Waals surface area contributed by atoms with E-state index < -0.39 is 0 Å². The molecule has 0 aliphatic carbocycles. The van der Waals surface area contributed by atoms with Crippen LogP contribution in [0.1, 0.15) is 5.56 Å². The minimum absolute atomic E-state index is 0.0921. The largest absolute Gasteiger partial charge is 0.399 e. The van der Waals surface area contributed by atoms with Gasteiger partial charge in [0, 0.05) is 11.9 Å². The maximum Gasteiger partial charge on any atom is 0.235 e. The van der Waals surface area contributed by atoms with Gasteiger partial charge in [0.05, 0.1) is 16.0 Å². The van der Waals surface area contributed by atoms with Crippen LogP contribution in [0.4, 0.5) is 11.5 Å². The summed E-state index contributed by atoms with van der Waals surface area (Å²) < 4.78 is 1.89. The Morgan fingerprint density at radius 3 is 3.09 bits per heavy atom. The molecule has 0 spiro atoms. The Hall–Kier alpha value is -2.12. The van der Waals surface area contributed by atoms with Crippen LogP contribution in [0.2, 0.25) is 0 Å². The molecule has 0 aliphatic rings. The van der Waals surface area contributed by atoms with Crippen molar-refractivity contribution in [2.75, 3.05) is 16.8 Å². The standard InChI is InChI=1S/C15H14N4OS2/c1-9-3-2-6-17-14(9)19-13(20)8-21-15-18-11-5-4-10(16)7-12(11)22-15/h2-7H,8,16H2,1H3,(H,17,19,20). The maximum atomic E-state index is 12.0. The average molecular weight is 330 g/mol. The number of nitrogens with zero attached hydrogens (tertiary/aromatic N) is 2. The number of aryl methyl sites for hydroxylation is 1. The molecule has 7 heteroatoms. The lowest BCUT2D eigenvalue weighted by molar-refractivity contribution is -0.113. The lowest BCUT2D eigenvalue weighted by atomic mass is 10.3. The number of thioether (sulfide) groups is 1. The zero-order valence-corrected chi connectivity index (χ0v) is 13.5. The number of nitrogen functional groups attached to an aromatic ring is 1. The molecule has 2 heterocycles. The van der Waals surface area contributed by atoms with Crippen LogP contribution in [0, 0.1) is 6.92 Å². The summed E-state index contributed by atoms with van der Waals surface area (Å²) in [7, 11) is 0. The summed E-state index contributed by atoms with van der Waals surface area (Å²) in [5.74, 6) is 0.807. The number of hydrogen-bond donors (Lipinski definition) is 2. The average Bonchev–Trinajstić information content (AvgIpc) is 2.89. The van der Waals surface area contributed by atoms with E-state index in [1.165, 1.54) is 23.1 Å². The molecule has 2 aromatic heterocycles. The number of pyridine rings is 1. The van der Waals surface area contributed by atoms with Gasteiger partial charge >= 0.3 is 0 Å². The predicted molar refractivity (Wildman–Crippen MR) is 92.4 cm³/mol. The number of thiazole rings is 1. The van der Waals surface area contributed by atoms with E-state index in [2.05, 4.69) is 15.3 Å². The minimum Gasteiger partial charge on any atom is -0.399 e. The van der Waals surface area contributed by atoms with Gasteiger partial charge in [-0.15, -0.1) is 11.3 Å². The van der Waals surface area contributed by atoms with E-state index in [0.717, 1.165) is 25.8 Å². The van der Waals surface area contributed by atoms with E-state index in [1.807, 2.05) is 37.3 Å². The zero-order valence-electron chi connectivity index (χ0n) is 11.9. The fourth-order valence-corrected chi connectivity index (χ4v) is 3.81. The van der Waals surface area contributed by atoms with Gasteiger partial charge in [-0.1, -0.05) is 17.8 Å². The molecule has 0 unspecified atom stereocenters. The van der Waals surface area contributed by atoms with E-state index in [1.54, 1.807) is 6.20 Å². The van der Waals surface area contributed by atoms with Crippen molar-refractivity contribution in [2.24, 2.45) is 0 Å². The summed E-state index contributed by atoms with van der Waals surface area (Å²) in [4.78, 5) is 20.6. The molecule has 3 aromatic rings. The monoisotopic (exact) mass is 330 g/mol. The topological polar surface area (TPSA) is 80.9 Å². The molecular weight excluding hydrogens is 316 g/mol. The molecule has 1 amide bonds. The van der Waals surface area contributed by atoms with Crippen LogP contribution >= 0.6 is 23.1 Å². The molecule has 22 heavy (non-hydrogen) atoms. The van der Waals surface area contributed by atoms with E-state index in [0.29, 0.717) is 11.6 Å². The first kappa shape index (κ1) is 14.8. The molecule has 1 aromatic carbocycles. The molecule has 0 saturated carbocycles. The van der Waals surface area contributed by atoms with Crippen LogP contribution in [-0.2, 0) is 4.79 Å². The lowest BCUT2D eigenvalue weighted by Gasteiger charge is -2.05. The van der Waals surface area contributed by atoms with Crippen molar-refractivity contribution in [3.8, 4) is 0 Å². The molecule has 0 bridgehead atoms. The molecule has 0 saturated heterocycles. The van der Waals surface area contributed by atoms with Crippen LogP contribution < -0.4 is 11.1 Å². The van der Waals surface area contributed by atoms with E-state index in [4.69, 9.17) is 5.73 Å². The first-order chi connectivity index (χ1) is 10.6. The summed E-state index contributed by atoms with van der Waals surface area (Å²) in [6.45, 7) is 1.91. The third-order valence-corrected chi connectivity index (χ3v) is 5.15. The molecule has 3 N–H and O–H groups in total. The van der Waals surface area contributed by atoms with Crippen molar-refractivity contribution in [1.82, 2.24) is 9.97 Å². The highest BCUT2D eigenvalue weighted by atomic mass is 32.2. The molecule has 3 rings (SSSR count). The zero-order chi connectivity index (χ0) is 15.5. The second-order valence-corrected chi connectivity index (χ2v) is 6.97. The third-order valence-electron chi connectivity index (χ3n) is 2.99. The smallest absolute Gasteiger partial charge is 0.235 e. The van der Waals surface area contributed by atoms with Crippen LogP contribution in [0.25, 0.3) is 10.2 Å². The van der Waals surface area contributed by atoms with Gasteiger partial charge in [0.25, 0.3) is 0 Å². The fraction of sp³-hybridized carbons (Fsp3) is 0.133. The van der Waals surface area contributed by atoms with Crippen LogP contribution in [0.3, 0.4) is 0 Å². The second-order valence-electron chi connectivity index (χ2n) is 4.71. The minimum atomic E-state index is -0.0921. The number of carbonyl (C=O) groups excluding carboxylic acids is 1. The number of carbonyl (C=O) groups is 1. The Morgan fingerprint density at radius 2 is 2.27 bits per heavy atom. The highest BCUT2D eigenvalue weighted by Crippen LogP contribution is 2.30. The summed E-state index contributed by atoms with van der Waals surface area (Å²) >= 11 is 2.95. The number of rotatable bonds is 4. The number of benzene rings is 1. The summed E-state index contributed by atoms with van der Waals surface area (Å²) in [6.07, 6.45) is 1.66. The van der Waals surface area contributed by atoms with E-state index in [-0.39, 0.29) is 5.91 Å². The molecule has 112 valence electrons. The molecule has 5 nitrogen and oxygen atoms in total. The van der Waals surface area contributed by atoms with Gasteiger partial charge < -0.3 is 11.1 Å². The van der Waals surface area contributed by atoms with Crippen molar-refractivity contribution in [1.29, 1.82) is 0 Å². The van der Waals surface area contributed by atoms with Gasteiger partial charge in [-0.2, -0.15) is 0 Å². The van der Waals surface area contributed by atoms with Gasteiger partial charge in [-0.05, 0) is 36.8 Å². The number of aromatic nitrogens is 2. The van der Waals surface area contributed by atoms with Crippen molar-refractivity contribution in [2.45, 2.75) is 11.3 Å². The summed E-state index contributed by atoms with van der Waals surface area (Å²) in [6, 6.07) is 9.37. The predicted octanol–water partition coefficient (Wildman–Crippen LogP) is 3.31. The van der Waals surface area contributed by atoms with Crippen molar-refractivity contribution in [3.05, 3.63) is 42.1 Å². The lowest BCUT2D eigenvalue weighted by Crippen LogP contribution is -2.15. The Bertz CT molecular complexity index is 831. The van der Waals surface area contributed by atoms with Crippen LogP contribution in [0.5, 0.6) is 0 Å². The van der Waals surface area contributed by atoms with Gasteiger partial charge in [0.2, 0.25) is 5.91 Å². The Labute approximate surface area is 136 Å². The summed E-state index contributed by atoms with van der Waals surface area (Å²) in [5, 5.41) is 2.81.